The Morgan fingerprint density at radius 1 is 1.43 bits per heavy atom. The number of halogens is 1. The lowest BCUT2D eigenvalue weighted by molar-refractivity contribution is -0.115. The van der Waals surface area contributed by atoms with Crippen LogP contribution in [0.4, 0.5) is 5.69 Å². The third kappa shape index (κ3) is 3.68. The zero-order valence-corrected chi connectivity index (χ0v) is 13.5. The fourth-order valence-corrected chi connectivity index (χ4v) is 2.55. The van der Waals surface area contributed by atoms with Gasteiger partial charge in [-0.1, -0.05) is 29.4 Å². The highest BCUT2D eigenvalue weighted by Gasteiger charge is 2.18. The summed E-state index contributed by atoms with van der Waals surface area (Å²) in [5, 5.41) is 11.3. The minimum atomic E-state index is -0.365. The zero-order chi connectivity index (χ0) is 15.6. The molecule has 1 aromatic heterocycles. The molecule has 0 aliphatic rings. The van der Waals surface area contributed by atoms with Crippen LogP contribution in [0.3, 0.4) is 0 Å². The van der Waals surface area contributed by atoms with Crippen molar-refractivity contribution in [2.24, 2.45) is 0 Å². The van der Waals surface area contributed by atoms with Crippen molar-refractivity contribution in [1.29, 1.82) is 0 Å². The summed E-state index contributed by atoms with van der Waals surface area (Å²) < 4.78 is 1.36. The molecule has 21 heavy (non-hydrogen) atoms. The highest BCUT2D eigenvalue weighted by Crippen LogP contribution is 2.23. The molecule has 0 spiro atoms. The number of nitrogens with zero attached hydrogens (tertiary/aromatic N) is 3. The molecule has 1 unspecified atom stereocenters. The van der Waals surface area contributed by atoms with Crippen LogP contribution < -0.4 is 11.2 Å². The number of benzene rings is 1. The lowest BCUT2D eigenvalue weighted by Gasteiger charge is -2.12. The lowest BCUT2D eigenvalue weighted by Crippen LogP contribution is -2.23. The van der Waals surface area contributed by atoms with E-state index in [1.54, 1.807) is 19.9 Å². The van der Waals surface area contributed by atoms with Crippen LogP contribution in [0.2, 0.25) is 5.02 Å². The first-order chi connectivity index (χ1) is 9.88. The quantitative estimate of drug-likeness (QED) is 0.666. The maximum absolute atomic E-state index is 12.2. The SMILES string of the molecule is Cc1ccc(NC(=O)C(C)Sc2nnc(C)n2N)cc1Cl. The number of hydrogen-bond acceptors (Lipinski definition) is 5. The van der Waals surface area contributed by atoms with E-state index in [0.29, 0.717) is 21.7 Å². The van der Waals surface area contributed by atoms with Gasteiger partial charge >= 0.3 is 0 Å². The fraction of sp³-hybridized carbons (Fsp3) is 0.308. The molecular formula is C13H16ClN5OS. The maximum atomic E-state index is 12.2. The van der Waals surface area contributed by atoms with Gasteiger partial charge in [0.05, 0.1) is 5.25 Å². The van der Waals surface area contributed by atoms with Crippen LogP contribution in [0, 0.1) is 13.8 Å². The number of aromatic nitrogens is 3. The Balaban J connectivity index is 2.02. The average molecular weight is 326 g/mol. The summed E-state index contributed by atoms with van der Waals surface area (Å²) in [6, 6.07) is 5.39. The summed E-state index contributed by atoms with van der Waals surface area (Å²) in [6.07, 6.45) is 0. The van der Waals surface area contributed by atoms with Gasteiger partial charge in [-0.3, -0.25) is 4.79 Å². The highest BCUT2D eigenvalue weighted by molar-refractivity contribution is 8.00. The van der Waals surface area contributed by atoms with E-state index in [9.17, 15) is 4.79 Å². The highest BCUT2D eigenvalue weighted by atomic mass is 35.5. The van der Waals surface area contributed by atoms with Crippen molar-refractivity contribution in [3.63, 3.8) is 0 Å². The summed E-state index contributed by atoms with van der Waals surface area (Å²) >= 11 is 7.28. The number of anilines is 1. The first kappa shape index (κ1) is 15.7. The molecule has 1 amide bonds. The van der Waals surface area contributed by atoms with Gasteiger partial charge < -0.3 is 11.2 Å². The first-order valence-electron chi connectivity index (χ1n) is 6.29. The summed E-state index contributed by atoms with van der Waals surface area (Å²) in [6.45, 7) is 5.43. The van der Waals surface area contributed by atoms with Gasteiger partial charge in [-0.2, -0.15) is 0 Å². The molecule has 0 aliphatic heterocycles. The number of carbonyl (C=O) groups is 1. The standard InChI is InChI=1S/C13H16ClN5OS/c1-7-4-5-10(6-11(7)14)16-12(20)8(2)21-13-18-17-9(3)19(13)15/h4-6,8H,15H2,1-3H3,(H,16,20). The Bertz CT molecular complexity index is 673. The monoisotopic (exact) mass is 325 g/mol. The maximum Gasteiger partial charge on any atom is 0.237 e. The average Bonchev–Trinajstić information content (AvgIpc) is 2.75. The van der Waals surface area contributed by atoms with Gasteiger partial charge in [0, 0.05) is 10.7 Å². The number of thioether (sulfide) groups is 1. The van der Waals surface area contributed by atoms with Crippen LogP contribution in [0.15, 0.2) is 23.4 Å². The smallest absolute Gasteiger partial charge is 0.237 e. The van der Waals surface area contributed by atoms with Gasteiger partial charge in [-0.15, -0.1) is 10.2 Å². The Labute approximate surface area is 132 Å². The summed E-state index contributed by atoms with van der Waals surface area (Å²) in [5.74, 6) is 6.20. The van der Waals surface area contributed by atoms with Crippen LogP contribution >= 0.6 is 23.4 Å². The van der Waals surface area contributed by atoms with Crippen molar-refractivity contribution in [2.75, 3.05) is 11.2 Å². The molecule has 112 valence electrons. The second kappa shape index (κ2) is 6.36. The minimum Gasteiger partial charge on any atom is -0.336 e. The third-order valence-electron chi connectivity index (χ3n) is 2.93. The second-order valence-electron chi connectivity index (χ2n) is 4.61. The van der Waals surface area contributed by atoms with Gasteiger partial charge in [-0.25, -0.2) is 4.68 Å². The van der Waals surface area contributed by atoms with Crippen molar-refractivity contribution in [3.8, 4) is 0 Å². The van der Waals surface area contributed by atoms with E-state index in [-0.39, 0.29) is 11.2 Å². The Morgan fingerprint density at radius 3 is 2.71 bits per heavy atom. The van der Waals surface area contributed by atoms with E-state index in [2.05, 4.69) is 15.5 Å². The lowest BCUT2D eigenvalue weighted by atomic mass is 10.2. The van der Waals surface area contributed by atoms with E-state index in [4.69, 9.17) is 17.4 Å². The largest absolute Gasteiger partial charge is 0.336 e. The van der Waals surface area contributed by atoms with Crippen LogP contribution in [0.5, 0.6) is 0 Å². The fourth-order valence-electron chi connectivity index (χ4n) is 1.56. The molecule has 2 rings (SSSR count). The Kier molecular flexibility index (Phi) is 4.74. The molecule has 0 radical (unpaired) electrons. The molecule has 6 nitrogen and oxygen atoms in total. The van der Waals surface area contributed by atoms with Gasteiger partial charge in [0.2, 0.25) is 11.1 Å². The Morgan fingerprint density at radius 2 is 2.14 bits per heavy atom. The molecule has 1 heterocycles. The van der Waals surface area contributed by atoms with Crippen LogP contribution in [0.1, 0.15) is 18.3 Å². The minimum absolute atomic E-state index is 0.152. The topological polar surface area (TPSA) is 85.8 Å². The van der Waals surface area contributed by atoms with Crippen LogP contribution in [-0.4, -0.2) is 26.0 Å². The predicted octanol–water partition coefficient (Wildman–Crippen LogP) is 2.38. The zero-order valence-electron chi connectivity index (χ0n) is 11.9. The number of nitrogen functional groups attached to an aromatic ring is 1. The van der Waals surface area contributed by atoms with Gasteiger partial charge in [0.25, 0.3) is 0 Å². The number of carbonyl (C=O) groups excluding carboxylic acids is 1. The van der Waals surface area contributed by atoms with E-state index in [1.807, 2.05) is 19.1 Å². The molecule has 0 saturated carbocycles. The summed E-state index contributed by atoms with van der Waals surface area (Å²) in [5.41, 5.74) is 1.62. The number of amides is 1. The predicted molar refractivity (Wildman–Crippen MR) is 85.0 cm³/mol. The first-order valence-corrected chi connectivity index (χ1v) is 7.55. The summed E-state index contributed by atoms with van der Waals surface area (Å²) in [4.78, 5) is 12.2. The molecule has 8 heteroatoms. The van der Waals surface area contributed by atoms with Crippen molar-refractivity contribution in [3.05, 3.63) is 34.6 Å². The molecular weight excluding hydrogens is 310 g/mol. The third-order valence-corrected chi connectivity index (χ3v) is 4.39. The van der Waals surface area contributed by atoms with Crippen molar-refractivity contribution in [1.82, 2.24) is 14.9 Å². The number of nitrogens with one attached hydrogen (secondary N) is 1. The van der Waals surface area contributed by atoms with Gasteiger partial charge in [-0.05, 0) is 38.5 Å². The van der Waals surface area contributed by atoms with Crippen molar-refractivity contribution in [2.45, 2.75) is 31.2 Å². The number of aryl methyl sites for hydroxylation is 2. The molecule has 0 bridgehead atoms. The van der Waals surface area contributed by atoms with E-state index in [1.165, 1.54) is 16.4 Å². The molecule has 1 atom stereocenters. The molecule has 0 fully saturated rings. The van der Waals surface area contributed by atoms with E-state index in [0.717, 1.165) is 5.56 Å². The van der Waals surface area contributed by atoms with E-state index >= 15 is 0 Å². The van der Waals surface area contributed by atoms with Crippen molar-refractivity contribution >= 4 is 35.0 Å². The van der Waals surface area contributed by atoms with E-state index < -0.39 is 0 Å². The summed E-state index contributed by atoms with van der Waals surface area (Å²) in [7, 11) is 0. The number of hydrogen-bond donors (Lipinski definition) is 2. The van der Waals surface area contributed by atoms with Crippen LogP contribution in [0.25, 0.3) is 0 Å². The molecule has 3 N–H and O–H groups in total. The van der Waals surface area contributed by atoms with Gasteiger partial charge in [0.1, 0.15) is 5.82 Å². The van der Waals surface area contributed by atoms with Crippen molar-refractivity contribution < 1.29 is 4.79 Å². The van der Waals surface area contributed by atoms with Crippen LogP contribution in [-0.2, 0) is 4.79 Å². The molecule has 0 aliphatic carbocycles. The number of nitrogens with two attached hydrogens (primary N) is 1. The Hall–Kier alpha value is -1.73. The second-order valence-corrected chi connectivity index (χ2v) is 6.33. The molecule has 0 saturated heterocycles. The number of rotatable bonds is 4. The normalized spacial score (nSPS) is 12.2. The molecule has 2 aromatic rings. The van der Waals surface area contributed by atoms with Gasteiger partial charge in [0.15, 0.2) is 0 Å². The molecule has 1 aromatic carbocycles.